The Morgan fingerprint density at radius 1 is 0.917 bits per heavy atom. The van der Waals surface area contributed by atoms with Crippen LogP contribution in [0.3, 0.4) is 0 Å². The Morgan fingerprint density at radius 3 is 2.17 bits per heavy atom. The van der Waals surface area contributed by atoms with Gasteiger partial charge in [0.1, 0.15) is 17.3 Å². The molecule has 1 fully saturated rings. The quantitative estimate of drug-likeness (QED) is 0.236. The molecule has 186 valence electrons. The lowest BCUT2D eigenvalue weighted by Gasteiger charge is -2.12. The molecule has 4 aromatic rings. The van der Waals surface area contributed by atoms with E-state index in [1.807, 2.05) is 44.2 Å². The Hall–Kier alpha value is -3.44. The molecule has 0 amide bonds. The Kier molecular flexibility index (Phi) is 8.90. The molecule has 0 atom stereocenters. The van der Waals surface area contributed by atoms with Crippen LogP contribution < -0.4 is 15.5 Å². The first kappa shape index (κ1) is 25.6. The van der Waals surface area contributed by atoms with Gasteiger partial charge in [-0.05, 0) is 66.3 Å². The van der Waals surface area contributed by atoms with E-state index in [1.54, 1.807) is 24.9 Å². The smallest absolute Gasteiger partial charge is 0.188 e. The van der Waals surface area contributed by atoms with Crippen LogP contribution in [0.1, 0.15) is 49.7 Å². The van der Waals surface area contributed by atoms with E-state index in [2.05, 4.69) is 53.8 Å². The largest absolute Gasteiger partial charge is 0.497 e. The molecule has 0 saturated heterocycles. The predicted octanol–water partition coefficient (Wildman–Crippen LogP) is 8.12. The van der Waals surface area contributed by atoms with Crippen LogP contribution in [0.25, 0.3) is 11.1 Å². The van der Waals surface area contributed by atoms with Crippen molar-refractivity contribution in [3.8, 4) is 16.9 Å². The highest BCUT2D eigenvalue weighted by molar-refractivity contribution is 7.98. The maximum Gasteiger partial charge on any atom is 0.188 e. The first-order chi connectivity index (χ1) is 17.7. The maximum atomic E-state index is 12.9. The van der Waals surface area contributed by atoms with E-state index in [4.69, 9.17) is 9.15 Å². The summed E-state index contributed by atoms with van der Waals surface area (Å²) in [6.45, 7) is 4.49. The number of methoxy groups -OCH3 is 1. The van der Waals surface area contributed by atoms with E-state index in [-0.39, 0.29) is 5.43 Å². The standard InChI is InChI=1S/C29H27NO3S.C2H6/c1-32-24-15-11-21(12-16-24)20-9-13-23(14-10-20)30-18-28-29(22-7-8-22)27(31)17-25(33-28)19-34-26-5-3-2-4-6-26;1-2/h2-6,9-17,22,30H,7-8,18-19H2,1H3;1-2H3. The number of hydrogen-bond donors (Lipinski definition) is 1. The summed E-state index contributed by atoms with van der Waals surface area (Å²) >= 11 is 1.68. The zero-order chi connectivity index (χ0) is 25.3. The fraction of sp³-hybridized carbons (Fsp3) is 0.258. The molecule has 0 unspecified atom stereocenters. The third-order valence-electron chi connectivity index (χ3n) is 5.98. The number of anilines is 1. The number of ether oxygens (including phenoxy) is 1. The highest BCUT2D eigenvalue weighted by Crippen LogP contribution is 2.40. The molecule has 1 aliphatic carbocycles. The third-order valence-corrected chi connectivity index (χ3v) is 7.02. The van der Waals surface area contributed by atoms with Crippen molar-refractivity contribution >= 4 is 17.4 Å². The van der Waals surface area contributed by atoms with Gasteiger partial charge in [0.2, 0.25) is 0 Å². The van der Waals surface area contributed by atoms with Crippen LogP contribution in [0, 0.1) is 0 Å². The summed E-state index contributed by atoms with van der Waals surface area (Å²) in [4.78, 5) is 14.1. The molecular formula is C31H33NO3S. The molecule has 1 aromatic heterocycles. The van der Waals surface area contributed by atoms with Crippen LogP contribution in [0.2, 0.25) is 0 Å². The van der Waals surface area contributed by atoms with Crippen molar-refractivity contribution < 1.29 is 9.15 Å². The minimum Gasteiger partial charge on any atom is -0.497 e. The number of rotatable bonds is 9. The van der Waals surface area contributed by atoms with Gasteiger partial charge in [0.05, 0.1) is 19.4 Å². The molecule has 36 heavy (non-hydrogen) atoms. The van der Waals surface area contributed by atoms with Crippen molar-refractivity contribution in [1.82, 2.24) is 0 Å². The van der Waals surface area contributed by atoms with E-state index >= 15 is 0 Å². The van der Waals surface area contributed by atoms with E-state index in [0.29, 0.717) is 18.2 Å². The number of nitrogens with one attached hydrogen (secondary N) is 1. The molecule has 1 N–H and O–H groups in total. The first-order valence-electron chi connectivity index (χ1n) is 12.5. The SMILES string of the molecule is CC.COc1ccc(-c2ccc(NCc3oc(CSc4ccccc4)cc(=O)c3C3CC3)cc2)cc1. The summed E-state index contributed by atoms with van der Waals surface area (Å²) in [7, 11) is 1.67. The van der Waals surface area contributed by atoms with Crippen LogP contribution in [-0.2, 0) is 12.3 Å². The van der Waals surface area contributed by atoms with Gasteiger partial charge in [-0.3, -0.25) is 4.79 Å². The van der Waals surface area contributed by atoms with Crippen molar-refractivity contribution in [2.45, 2.75) is 49.8 Å². The molecule has 4 nitrogen and oxygen atoms in total. The normalized spacial score (nSPS) is 12.4. The van der Waals surface area contributed by atoms with Gasteiger partial charge < -0.3 is 14.5 Å². The summed E-state index contributed by atoms with van der Waals surface area (Å²) in [5.74, 6) is 3.29. The van der Waals surface area contributed by atoms with Gasteiger partial charge in [0, 0.05) is 22.2 Å². The van der Waals surface area contributed by atoms with Crippen molar-refractivity contribution in [1.29, 1.82) is 0 Å². The molecule has 0 aliphatic heterocycles. The topological polar surface area (TPSA) is 51.5 Å². The van der Waals surface area contributed by atoms with Gasteiger partial charge >= 0.3 is 0 Å². The van der Waals surface area contributed by atoms with E-state index in [9.17, 15) is 4.79 Å². The Bertz CT molecular complexity index is 1290. The monoisotopic (exact) mass is 499 g/mol. The van der Waals surface area contributed by atoms with Gasteiger partial charge in [-0.2, -0.15) is 0 Å². The fourth-order valence-electron chi connectivity index (χ4n) is 4.02. The molecule has 3 aromatic carbocycles. The fourth-order valence-corrected chi connectivity index (χ4v) is 4.83. The van der Waals surface area contributed by atoms with Gasteiger partial charge in [-0.15, -0.1) is 11.8 Å². The van der Waals surface area contributed by atoms with E-state index in [1.165, 1.54) is 0 Å². The Labute approximate surface area is 217 Å². The molecule has 5 rings (SSSR count). The third kappa shape index (κ3) is 6.61. The zero-order valence-electron chi connectivity index (χ0n) is 21.1. The Morgan fingerprint density at radius 2 is 1.56 bits per heavy atom. The molecular weight excluding hydrogens is 466 g/mol. The van der Waals surface area contributed by atoms with Gasteiger partial charge in [-0.25, -0.2) is 0 Å². The molecule has 5 heteroatoms. The number of benzene rings is 3. The summed E-state index contributed by atoms with van der Waals surface area (Å²) in [6.07, 6.45) is 2.12. The molecule has 1 heterocycles. The summed E-state index contributed by atoms with van der Waals surface area (Å²) in [5.41, 5.74) is 4.21. The van der Waals surface area contributed by atoms with Crippen LogP contribution in [0.4, 0.5) is 5.69 Å². The highest BCUT2D eigenvalue weighted by Gasteiger charge is 2.30. The van der Waals surface area contributed by atoms with Crippen molar-refractivity contribution in [3.05, 3.63) is 112 Å². The van der Waals surface area contributed by atoms with Crippen LogP contribution in [-0.4, -0.2) is 7.11 Å². The molecule has 0 bridgehead atoms. The maximum absolute atomic E-state index is 12.9. The van der Waals surface area contributed by atoms with Gasteiger partial charge in [0.15, 0.2) is 5.43 Å². The van der Waals surface area contributed by atoms with Gasteiger partial charge in [-0.1, -0.05) is 56.3 Å². The van der Waals surface area contributed by atoms with Crippen LogP contribution in [0.15, 0.2) is 99.0 Å². The summed E-state index contributed by atoms with van der Waals surface area (Å²) in [6, 6.07) is 28.2. The predicted molar refractivity (Wildman–Crippen MR) is 150 cm³/mol. The van der Waals surface area contributed by atoms with Crippen LogP contribution >= 0.6 is 11.8 Å². The molecule has 1 saturated carbocycles. The number of hydrogen-bond acceptors (Lipinski definition) is 5. The average molecular weight is 500 g/mol. The molecule has 1 aliphatic rings. The zero-order valence-corrected chi connectivity index (χ0v) is 21.9. The highest BCUT2D eigenvalue weighted by atomic mass is 32.2. The molecule has 0 radical (unpaired) electrons. The second kappa shape index (κ2) is 12.5. The molecule has 0 spiro atoms. The average Bonchev–Trinajstić information content (AvgIpc) is 3.78. The lowest BCUT2D eigenvalue weighted by Crippen LogP contribution is -2.14. The lowest BCUT2D eigenvalue weighted by molar-refractivity contribution is 0.415. The second-order valence-electron chi connectivity index (χ2n) is 8.45. The van der Waals surface area contributed by atoms with Crippen molar-refractivity contribution in [2.75, 3.05) is 12.4 Å². The van der Waals surface area contributed by atoms with Crippen LogP contribution in [0.5, 0.6) is 5.75 Å². The minimum absolute atomic E-state index is 0.101. The Balaban J connectivity index is 0.00000148. The van der Waals surface area contributed by atoms with Gasteiger partial charge in [0.25, 0.3) is 0 Å². The lowest BCUT2D eigenvalue weighted by atomic mass is 10.1. The first-order valence-corrected chi connectivity index (χ1v) is 13.5. The second-order valence-corrected chi connectivity index (χ2v) is 9.50. The van der Waals surface area contributed by atoms with E-state index < -0.39 is 0 Å². The van der Waals surface area contributed by atoms with Crippen molar-refractivity contribution in [3.63, 3.8) is 0 Å². The van der Waals surface area contributed by atoms with E-state index in [0.717, 1.165) is 57.4 Å². The minimum atomic E-state index is 0.101. The summed E-state index contributed by atoms with van der Waals surface area (Å²) < 4.78 is 11.5. The van der Waals surface area contributed by atoms with Crippen molar-refractivity contribution in [2.24, 2.45) is 0 Å². The summed E-state index contributed by atoms with van der Waals surface area (Å²) in [5, 5.41) is 3.45. The number of thioether (sulfide) groups is 1.